The van der Waals surface area contributed by atoms with Crippen molar-refractivity contribution in [1.29, 1.82) is 0 Å². The van der Waals surface area contributed by atoms with Gasteiger partial charge >= 0.3 is 0 Å². The van der Waals surface area contributed by atoms with Gasteiger partial charge in [-0.15, -0.1) is 0 Å². The van der Waals surface area contributed by atoms with Gasteiger partial charge in [-0.3, -0.25) is 4.79 Å². The molecular formula is C17H28N2O4. The van der Waals surface area contributed by atoms with E-state index >= 15 is 0 Å². The molecule has 23 heavy (non-hydrogen) atoms. The van der Waals surface area contributed by atoms with Gasteiger partial charge in [-0.05, 0) is 45.4 Å². The second kappa shape index (κ2) is 8.74. The Labute approximate surface area is 138 Å². The minimum atomic E-state index is -0.388. The zero-order valence-corrected chi connectivity index (χ0v) is 14.6. The van der Waals surface area contributed by atoms with Crippen molar-refractivity contribution in [2.45, 2.75) is 45.9 Å². The van der Waals surface area contributed by atoms with E-state index in [1.54, 1.807) is 20.1 Å². The Kier molecular flexibility index (Phi) is 7.32. The Bertz CT molecular complexity index is 510. The Balaban J connectivity index is 2.60. The van der Waals surface area contributed by atoms with Crippen LogP contribution in [-0.2, 0) is 11.3 Å². The van der Waals surface area contributed by atoms with Crippen molar-refractivity contribution in [3.05, 3.63) is 23.8 Å². The number of rotatable bonds is 8. The number of hydrogen-bond acceptors (Lipinski definition) is 5. The van der Waals surface area contributed by atoms with Crippen LogP contribution in [0.15, 0.2) is 18.2 Å². The Hall–Kier alpha value is -1.79. The predicted molar refractivity (Wildman–Crippen MR) is 89.8 cm³/mol. The number of methoxy groups -OCH3 is 1. The number of carbonyl (C=O) groups excluding carboxylic acids is 1. The molecule has 6 heteroatoms. The lowest BCUT2D eigenvalue weighted by Crippen LogP contribution is -2.43. The average molecular weight is 324 g/mol. The molecule has 0 radical (unpaired) electrons. The lowest BCUT2D eigenvalue weighted by molar-refractivity contribution is -0.124. The highest BCUT2D eigenvalue weighted by Gasteiger charge is 2.15. The average Bonchev–Trinajstić information content (AvgIpc) is 2.43. The fourth-order valence-electron chi connectivity index (χ4n) is 1.96. The monoisotopic (exact) mass is 324 g/mol. The van der Waals surface area contributed by atoms with Crippen molar-refractivity contribution in [3.8, 4) is 11.5 Å². The van der Waals surface area contributed by atoms with E-state index in [4.69, 9.17) is 9.47 Å². The summed E-state index contributed by atoms with van der Waals surface area (Å²) in [7, 11) is 1.56. The SMILES string of the molecule is COc1cc(CNCC(C)O)ccc1OCC(=O)NC(C)(C)C. The van der Waals surface area contributed by atoms with Crippen LogP contribution in [0.4, 0.5) is 0 Å². The quantitative estimate of drug-likeness (QED) is 0.675. The summed E-state index contributed by atoms with van der Waals surface area (Å²) in [5, 5.41) is 15.2. The molecule has 0 spiro atoms. The molecule has 1 aromatic carbocycles. The number of ether oxygens (including phenoxy) is 2. The smallest absolute Gasteiger partial charge is 0.258 e. The maximum absolute atomic E-state index is 11.8. The van der Waals surface area contributed by atoms with Crippen molar-refractivity contribution in [3.63, 3.8) is 0 Å². The summed E-state index contributed by atoms with van der Waals surface area (Å²) in [5.74, 6) is 0.919. The van der Waals surface area contributed by atoms with E-state index in [9.17, 15) is 9.90 Å². The number of aliphatic hydroxyl groups excluding tert-OH is 1. The van der Waals surface area contributed by atoms with E-state index in [1.807, 2.05) is 32.9 Å². The minimum absolute atomic E-state index is 0.0622. The molecule has 0 aromatic heterocycles. The zero-order chi connectivity index (χ0) is 17.5. The summed E-state index contributed by atoms with van der Waals surface area (Å²) in [6.45, 7) is 8.56. The summed E-state index contributed by atoms with van der Waals surface area (Å²) in [6.07, 6.45) is -0.388. The second-order valence-electron chi connectivity index (χ2n) is 6.55. The maximum Gasteiger partial charge on any atom is 0.258 e. The molecule has 1 atom stereocenters. The van der Waals surface area contributed by atoms with Crippen LogP contribution in [0.2, 0.25) is 0 Å². The maximum atomic E-state index is 11.8. The summed E-state index contributed by atoms with van der Waals surface area (Å²) in [5.41, 5.74) is 0.721. The molecule has 0 bridgehead atoms. The number of hydrogen-bond donors (Lipinski definition) is 3. The van der Waals surface area contributed by atoms with Crippen molar-refractivity contribution in [2.24, 2.45) is 0 Å². The van der Waals surface area contributed by atoms with Crippen LogP contribution in [0.25, 0.3) is 0 Å². The third-order valence-electron chi connectivity index (χ3n) is 2.87. The predicted octanol–water partition coefficient (Wildman–Crippen LogP) is 1.46. The Morgan fingerprint density at radius 2 is 2.00 bits per heavy atom. The van der Waals surface area contributed by atoms with Crippen molar-refractivity contribution < 1.29 is 19.4 Å². The first-order valence-corrected chi connectivity index (χ1v) is 7.71. The van der Waals surface area contributed by atoms with Crippen LogP contribution >= 0.6 is 0 Å². The number of amides is 1. The lowest BCUT2D eigenvalue weighted by atomic mass is 10.1. The molecule has 1 rings (SSSR count). The molecular weight excluding hydrogens is 296 g/mol. The number of benzene rings is 1. The van der Waals surface area contributed by atoms with E-state index in [0.29, 0.717) is 24.6 Å². The normalized spacial score (nSPS) is 12.6. The van der Waals surface area contributed by atoms with Gasteiger partial charge in [0.25, 0.3) is 5.91 Å². The van der Waals surface area contributed by atoms with E-state index in [0.717, 1.165) is 5.56 Å². The largest absolute Gasteiger partial charge is 0.493 e. The lowest BCUT2D eigenvalue weighted by Gasteiger charge is -2.20. The van der Waals surface area contributed by atoms with Gasteiger partial charge in [0.2, 0.25) is 0 Å². The van der Waals surface area contributed by atoms with Crippen LogP contribution in [0.5, 0.6) is 11.5 Å². The number of aliphatic hydroxyl groups is 1. The van der Waals surface area contributed by atoms with Crippen LogP contribution in [0.1, 0.15) is 33.3 Å². The van der Waals surface area contributed by atoms with Gasteiger partial charge in [-0.25, -0.2) is 0 Å². The molecule has 0 saturated heterocycles. The van der Waals surface area contributed by atoms with E-state index in [2.05, 4.69) is 10.6 Å². The summed E-state index contributed by atoms with van der Waals surface area (Å²) in [4.78, 5) is 11.8. The molecule has 0 aliphatic heterocycles. The van der Waals surface area contributed by atoms with Gasteiger partial charge in [-0.2, -0.15) is 0 Å². The van der Waals surface area contributed by atoms with Crippen LogP contribution in [0.3, 0.4) is 0 Å². The van der Waals surface area contributed by atoms with Crippen molar-refractivity contribution in [1.82, 2.24) is 10.6 Å². The Morgan fingerprint density at radius 3 is 2.57 bits per heavy atom. The molecule has 0 fully saturated rings. The molecule has 0 saturated carbocycles. The first kappa shape index (κ1) is 19.3. The highest BCUT2D eigenvalue weighted by atomic mass is 16.5. The van der Waals surface area contributed by atoms with Crippen LogP contribution in [-0.4, -0.2) is 42.9 Å². The van der Waals surface area contributed by atoms with Crippen molar-refractivity contribution >= 4 is 5.91 Å². The van der Waals surface area contributed by atoms with Gasteiger partial charge in [0.15, 0.2) is 18.1 Å². The highest BCUT2D eigenvalue weighted by molar-refractivity contribution is 5.78. The topological polar surface area (TPSA) is 79.8 Å². The van der Waals surface area contributed by atoms with Crippen LogP contribution < -0.4 is 20.1 Å². The molecule has 130 valence electrons. The first-order valence-electron chi connectivity index (χ1n) is 7.71. The van der Waals surface area contributed by atoms with Gasteiger partial charge in [-0.1, -0.05) is 6.07 Å². The molecule has 1 aromatic rings. The molecule has 3 N–H and O–H groups in total. The van der Waals surface area contributed by atoms with E-state index < -0.39 is 0 Å². The van der Waals surface area contributed by atoms with Gasteiger partial charge in [0.05, 0.1) is 13.2 Å². The second-order valence-corrected chi connectivity index (χ2v) is 6.55. The zero-order valence-electron chi connectivity index (χ0n) is 14.6. The molecule has 0 aliphatic rings. The molecule has 0 heterocycles. The number of nitrogens with one attached hydrogen (secondary N) is 2. The minimum Gasteiger partial charge on any atom is -0.493 e. The van der Waals surface area contributed by atoms with E-state index in [-0.39, 0.29) is 24.2 Å². The number of carbonyl (C=O) groups is 1. The van der Waals surface area contributed by atoms with E-state index in [1.165, 1.54) is 0 Å². The molecule has 1 unspecified atom stereocenters. The van der Waals surface area contributed by atoms with Gasteiger partial charge in [0.1, 0.15) is 0 Å². The standard InChI is InChI=1S/C17H28N2O4/c1-12(20)9-18-10-13-6-7-14(15(8-13)22-5)23-11-16(21)19-17(2,3)4/h6-8,12,18,20H,9-11H2,1-5H3,(H,19,21). The fourth-order valence-corrected chi connectivity index (χ4v) is 1.96. The third-order valence-corrected chi connectivity index (χ3v) is 2.87. The molecule has 0 aliphatic carbocycles. The summed E-state index contributed by atoms with van der Waals surface area (Å²) >= 11 is 0. The molecule has 6 nitrogen and oxygen atoms in total. The molecule has 1 amide bonds. The summed E-state index contributed by atoms with van der Waals surface area (Å²) < 4.78 is 10.8. The highest BCUT2D eigenvalue weighted by Crippen LogP contribution is 2.28. The van der Waals surface area contributed by atoms with Gasteiger partial charge in [0, 0.05) is 18.6 Å². The third kappa shape index (κ3) is 7.85. The van der Waals surface area contributed by atoms with Gasteiger partial charge < -0.3 is 25.2 Å². The summed E-state index contributed by atoms with van der Waals surface area (Å²) in [6, 6.07) is 5.53. The fraction of sp³-hybridized carbons (Fsp3) is 0.588. The van der Waals surface area contributed by atoms with Crippen LogP contribution in [0, 0.1) is 0 Å². The Morgan fingerprint density at radius 1 is 1.30 bits per heavy atom. The van der Waals surface area contributed by atoms with Crippen molar-refractivity contribution in [2.75, 3.05) is 20.3 Å². The first-order chi connectivity index (χ1) is 10.7.